The van der Waals surface area contributed by atoms with E-state index >= 15 is 0 Å². The van der Waals surface area contributed by atoms with Gasteiger partial charge in [0, 0.05) is 26.1 Å². The topological polar surface area (TPSA) is 32.3 Å². The molecule has 0 atom stereocenters. The van der Waals surface area contributed by atoms with Crippen LogP contribution < -0.4 is 5.32 Å². The van der Waals surface area contributed by atoms with E-state index < -0.39 is 12.6 Å². The van der Waals surface area contributed by atoms with Gasteiger partial charge in [-0.2, -0.15) is 13.2 Å². The van der Waals surface area contributed by atoms with Crippen molar-refractivity contribution in [1.82, 2.24) is 10.2 Å². The SMILES string of the molecule is O=C1NCCN1CC1CCC(CC(F)(F)F)CC1. The number of carbonyl (C=O) groups is 1. The highest BCUT2D eigenvalue weighted by Gasteiger charge is 2.34. The molecule has 0 unspecified atom stereocenters. The van der Waals surface area contributed by atoms with Crippen LogP contribution in [0.5, 0.6) is 0 Å². The Morgan fingerprint density at radius 3 is 2.28 bits per heavy atom. The average molecular weight is 264 g/mol. The van der Waals surface area contributed by atoms with E-state index in [2.05, 4.69) is 5.32 Å². The predicted molar refractivity (Wildman–Crippen MR) is 61.1 cm³/mol. The summed E-state index contributed by atoms with van der Waals surface area (Å²) in [5.74, 6) is 0.159. The highest BCUT2D eigenvalue weighted by Crippen LogP contribution is 2.36. The Balaban J connectivity index is 1.72. The number of halogens is 3. The molecule has 104 valence electrons. The number of urea groups is 1. The molecule has 1 saturated heterocycles. The highest BCUT2D eigenvalue weighted by atomic mass is 19.4. The fraction of sp³-hybridized carbons (Fsp3) is 0.917. The normalized spacial score (nSPS) is 29.5. The van der Waals surface area contributed by atoms with Gasteiger partial charge < -0.3 is 10.2 Å². The fourth-order valence-corrected chi connectivity index (χ4v) is 2.94. The second-order valence-electron chi connectivity index (χ2n) is 5.38. The van der Waals surface area contributed by atoms with Gasteiger partial charge in [0.2, 0.25) is 0 Å². The maximum absolute atomic E-state index is 12.3. The third kappa shape index (κ3) is 3.78. The number of nitrogens with one attached hydrogen (secondary N) is 1. The van der Waals surface area contributed by atoms with Gasteiger partial charge in [-0.1, -0.05) is 0 Å². The molecular formula is C12H19F3N2O. The molecule has 2 fully saturated rings. The Morgan fingerprint density at radius 2 is 1.78 bits per heavy atom. The van der Waals surface area contributed by atoms with Gasteiger partial charge in [-0.25, -0.2) is 4.79 Å². The fourth-order valence-electron chi connectivity index (χ4n) is 2.94. The third-order valence-corrected chi connectivity index (χ3v) is 3.91. The van der Waals surface area contributed by atoms with E-state index in [1.54, 1.807) is 4.90 Å². The first-order chi connectivity index (χ1) is 8.44. The zero-order valence-corrected chi connectivity index (χ0v) is 10.3. The zero-order valence-electron chi connectivity index (χ0n) is 10.3. The van der Waals surface area contributed by atoms with Gasteiger partial charge in [0.05, 0.1) is 0 Å². The predicted octanol–water partition coefficient (Wildman–Crippen LogP) is 2.77. The Morgan fingerprint density at radius 1 is 1.17 bits per heavy atom. The number of amides is 2. The molecule has 2 amide bonds. The Labute approximate surface area is 105 Å². The van der Waals surface area contributed by atoms with Crippen molar-refractivity contribution >= 4 is 6.03 Å². The molecule has 0 aromatic rings. The van der Waals surface area contributed by atoms with Gasteiger partial charge in [-0.05, 0) is 37.5 Å². The second-order valence-corrected chi connectivity index (χ2v) is 5.38. The Bertz CT molecular complexity index is 298. The highest BCUT2D eigenvalue weighted by molar-refractivity contribution is 5.76. The van der Waals surface area contributed by atoms with Gasteiger partial charge in [0.15, 0.2) is 0 Å². The van der Waals surface area contributed by atoms with E-state index in [9.17, 15) is 18.0 Å². The van der Waals surface area contributed by atoms with E-state index in [1.165, 1.54) is 0 Å². The summed E-state index contributed by atoms with van der Waals surface area (Å²) >= 11 is 0. The van der Waals surface area contributed by atoms with Crippen LogP contribution in [-0.4, -0.2) is 36.7 Å². The minimum absolute atomic E-state index is 0.0348. The number of carbonyl (C=O) groups excluding carboxylic acids is 1. The molecule has 1 aliphatic carbocycles. The molecule has 6 heteroatoms. The molecule has 0 spiro atoms. The summed E-state index contributed by atoms with van der Waals surface area (Å²) in [7, 11) is 0. The summed E-state index contributed by atoms with van der Waals surface area (Å²) in [5, 5.41) is 2.74. The van der Waals surface area contributed by atoms with Gasteiger partial charge in [-0.3, -0.25) is 0 Å². The number of alkyl halides is 3. The summed E-state index contributed by atoms with van der Waals surface area (Å²) in [6.45, 7) is 2.11. The second kappa shape index (κ2) is 5.36. The van der Waals surface area contributed by atoms with Crippen LogP contribution in [0.2, 0.25) is 0 Å². The maximum atomic E-state index is 12.3. The van der Waals surface area contributed by atoms with E-state index in [-0.39, 0.29) is 11.9 Å². The lowest BCUT2D eigenvalue weighted by Gasteiger charge is -2.31. The lowest BCUT2D eigenvalue weighted by atomic mass is 9.80. The molecule has 0 aromatic carbocycles. The molecule has 2 aliphatic rings. The van der Waals surface area contributed by atoms with Gasteiger partial charge in [-0.15, -0.1) is 0 Å². The lowest BCUT2D eigenvalue weighted by molar-refractivity contribution is -0.147. The van der Waals surface area contributed by atoms with Crippen LogP contribution in [0.15, 0.2) is 0 Å². The first kappa shape index (κ1) is 13.5. The largest absolute Gasteiger partial charge is 0.389 e. The molecule has 0 bridgehead atoms. The van der Waals surface area contributed by atoms with Crippen LogP contribution in [-0.2, 0) is 0 Å². The lowest BCUT2D eigenvalue weighted by Crippen LogP contribution is -2.34. The van der Waals surface area contributed by atoms with Gasteiger partial charge in [0.25, 0.3) is 0 Å². The number of hydrogen-bond donors (Lipinski definition) is 1. The van der Waals surface area contributed by atoms with Crippen molar-refractivity contribution in [1.29, 1.82) is 0 Å². The Kier molecular flexibility index (Phi) is 4.02. The van der Waals surface area contributed by atoms with Crippen molar-refractivity contribution in [2.75, 3.05) is 19.6 Å². The molecule has 1 heterocycles. The zero-order chi connectivity index (χ0) is 13.2. The number of hydrogen-bond acceptors (Lipinski definition) is 1. The molecule has 1 saturated carbocycles. The van der Waals surface area contributed by atoms with Crippen molar-refractivity contribution in [3.8, 4) is 0 Å². The molecular weight excluding hydrogens is 245 g/mol. The van der Waals surface area contributed by atoms with Gasteiger partial charge >= 0.3 is 12.2 Å². The standard InChI is InChI=1S/C12H19F3N2O/c13-12(14,15)7-9-1-3-10(4-2-9)8-17-6-5-16-11(17)18/h9-10H,1-8H2,(H,16,18). The molecule has 0 radical (unpaired) electrons. The molecule has 0 aromatic heterocycles. The average Bonchev–Trinajstić information content (AvgIpc) is 2.65. The van der Waals surface area contributed by atoms with E-state index in [4.69, 9.17) is 0 Å². The van der Waals surface area contributed by atoms with Crippen molar-refractivity contribution in [2.45, 2.75) is 38.3 Å². The monoisotopic (exact) mass is 264 g/mol. The summed E-state index contributed by atoms with van der Waals surface area (Å²) < 4.78 is 36.8. The van der Waals surface area contributed by atoms with Crippen LogP contribution in [0.4, 0.5) is 18.0 Å². The maximum Gasteiger partial charge on any atom is 0.389 e. The first-order valence-electron chi connectivity index (χ1n) is 6.53. The Hall–Kier alpha value is -0.940. The van der Waals surface area contributed by atoms with Crippen LogP contribution in [0.3, 0.4) is 0 Å². The first-order valence-corrected chi connectivity index (χ1v) is 6.53. The van der Waals surface area contributed by atoms with E-state index in [1.807, 2.05) is 0 Å². The molecule has 2 rings (SSSR count). The van der Waals surface area contributed by atoms with Crippen molar-refractivity contribution in [3.63, 3.8) is 0 Å². The minimum Gasteiger partial charge on any atom is -0.336 e. The molecule has 1 N–H and O–H groups in total. The summed E-state index contributed by atoms with van der Waals surface area (Å²) in [5.41, 5.74) is 0. The summed E-state index contributed by atoms with van der Waals surface area (Å²) in [4.78, 5) is 13.1. The molecule has 1 aliphatic heterocycles. The number of rotatable bonds is 3. The van der Waals surface area contributed by atoms with Gasteiger partial charge in [0.1, 0.15) is 0 Å². The van der Waals surface area contributed by atoms with Crippen molar-refractivity contribution < 1.29 is 18.0 Å². The van der Waals surface area contributed by atoms with Crippen LogP contribution >= 0.6 is 0 Å². The minimum atomic E-state index is -4.04. The molecule has 18 heavy (non-hydrogen) atoms. The smallest absolute Gasteiger partial charge is 0.336 e. The van der Waals surface area contributed by atoms with E-state index in [0.717, 1.165) is 19.4 Å². The van der Waals surface area contributed by atoms with Crippen LogP contribution in [0.1, 0.15) is 32.1 Å². The summed E-state index contributed by atoms with van der Waals surface area (Å²) in [6.07, 6.45) is -1.79. The quantitative estimate of drug-likeness (QED) is 0.835. The van der Waals surface area contributed by atoms with Crippen molar-refractivity contribution in [3.05, 3.63) is 0 Å². The van der Waals surface area contributed by atoms with E-state index in [0.29, 0.717) is 31.8 Å². The van der Waals surface area contributed by atoms with Crippen molar-refractivity contribution in [2.24, 2.45) is 11.8 Å². The van der Waals surface area contributed by atoms with Crippen LogP contribution in [0.25, 0.3) is 0 Å². The summed E-state index contributed by atoms with van der Waals surface area (Å²) in [6, 6.07) is -0.0348. The van der Waals surface area contributed by atoms with Crippen LogP contribution in [0, 0.1) is 11.8 Å². The third-order valence-electron chi connectivity index (χ3n) is 3.91. The number of nitrogens with zero attached hydrogens (tertiary/aromatic N) is 1. The molecule has 3 nitrogen and oxygen atoms in total.